The van der Waals surface area contributed by atoms with E-state index in [1.54, 1.807) is 11.6 Å². The number of rotatable bonds is 3. The van der Waals surface area contributed by atoms with Crippen LogP contribution >= 0.6 is 11.3 Å². The van der Waals surface area contributed by atoms with Gasteiger partial charge in [0, 0.05) is 10.9 Å². The van der Waals surface area contributed by atoms with E-state index in [0.717, 1.165) is 10.6 Å². The Labute approximate surface area is 102 Å². The molecule has 0 saturated heterocycles. The second-order valence-corrected chi connectivity index (χ2v) is 4.63. The molecule has 2 aromatic heterocycles. The number of amides is 1. The quantitative estimate of drug-likeness (QED) is 0.769. The Morgan fingerprint density at radius 1 is 1.65 bits per heavy atom. The molecule has 4 N–H and O–H groups in total. The molecular formula is C10H13N5OS. The number of nitrogens with one attached hydrogen (secondary N) is 2. The molecule has 0 aliphatic carbocycles. The lowest BCUT2D eigenvalue weighted by Gasteiger charge is -2.01. The number of carbonyl (C=O) groups excluding carboxylic acids is 1. The molecule has 2 rings (SSSR count). The average molecular weight is 251 g/mol. The van der Waals surface area contributed by atoms with Crippen molar-refractivity contribution in [2.75, 3.05) is 5.32 Å². The molecule has 1 atom stereocenters. The van der Waals surface area contributed by atoms with Gasteiger partial charge >= 0.3 is 0 Å². The van der Waals surface area contributed by atoms with Gasteiger partial charge in [0.25, 0.3) is 5.91 Å². The SMILES string of the molecule is Cc1cn[nH]c1NC(=O)c1csc(C(C)N)n1. The second-order valence-electron chi connectivity index (χ2n) is 3.74. The summed E-state index contributed by atoms with van der Waals surface area (Å²) in [6, 6.07) is -0.157. The summed E-state index contributed by atoms with van der Waals surface area (Å²) in [6.07, 6.45) is 1.64. The van der Waals surface area contributed by atoms with Gasteiger partial charge in [0.2, 0.25) is 0 Å². The number of aryl methyl sites for hydroxylation is 1. The summed E-state index contributed by atoms with van der Waals surface area (Å²) in [5.41, 5.74) is 6.93. The second kappa shape index (κ2) is 4.64. The fraction of sp³-hybridized carbons (Fsp3) is 0.300. The van der Waals surface area contributed by atoms with Crippen LogP contribution in [0.25, 0.3) is 0 Å². The van der Waals surface area contributed by atoms with Gasteiger partial charge in [-0.1, -0.05) is 0 Å². The van der Waals surface area contributed by atoms with Gasteiger partial charge in [0.1, 0.15) is 16.5 Å². The maximum Gasteiger partial charge on any atom is 0.276 e. The lowest BCUT2D eigenvalue weighted by Crippen LogP contribution is -2.14. The first-order valence-electron chi connectivity index (χ1n) is 5.10. The minimum atomic E-state index is -0.263. The molecule has 0 radical (unpaired) electrons. The highest BCUT2D eigenvalue weighted by atomic mass is 32.1. The van der Waals surface area contributed by atoms with Crippen LogP contribution in [0.5, 0.6) is 0 Å². The summed E-state index contributed by atoms with van der Waals surface area (Å²) in [7, 11) is 0. The molecule has 6 nitrogen and oxygen atoms in total. The third-order valence-corrected chi connectivity index (χ3v) is 3.26. The number of hydrogen-bond donors (Lipinski definition) is 3. The first kappa shape index (κ1) is 11.7. The van der Waals surface area contributed by atoms with Crippen molar-refractivity contribution in [1.29, 1.82) is 0 Å². The summed E-state index contributed by atoms with van der Waals surface area (Å²) in [5, 5.41) is 11.7. The number of thiazole rings is 1. The molecule has 0 aliphatic heterocycles. The molecule has 7 heteroatoms. The predicted molar refractivity (Wildman–Crippen MR) is 66.0 cm³/mol. The van der Waals surface area contributed by atoms with Crippen molar-refractivity contribution < 1.29 is 4.79 Å². The first-order chi connectivity index (χ1) is 8.08. The molecule has 0 fully saturated rings. The van der Waals surface area contributed by atoms with Gasteiger partial charge in [-0.3, -0.25) is 9.89 Å². The van der Waals surface area contributed by atoms with Gasteiger partial charge in [-0.05, 0) is 13.8 Å². The van der Waals surface area contributed by atoms with Crippen LogP contribution in [0.15, 0.2) is 11.6 Å². The predicted octanol–water partition coefficient (Wildman–Crippen LogP) is 1.45. The van der Waals surface area contributed by atoms with Gasteiger partial charge in [-0.2, -0.15) is 5.10 Å². The molecule has 1 unspecified atom stereocenters. The molecule has 90 valence electrons. The van der Waals surface area contributed by atoms with E-state index < -0.39 is 0 Å². The van der Waals surface area contributed by atoms with E-state index in [9.17, 15) is 4.79 Å². The highest BCUT2D eigenvalue weighted by molar-refractivity contribution is 7.09. The van der Waals surface area contributed by atoms with E-state index in [1.165, 1.54) is 11.3 Å². The Kier molecular flexibility index (Phi) is 3.21. The smallest absolute Gasteiger partial charge is 0.276 e. The normalized spacial score (nSPS) is 12.4. The topological polar surface area (TPSA) is 96.7 Å². The molecule has 0 bridgehead atoms. The zero-order chi connectivity index (χ0) is 12.4. The monoisotopic (exact) mass is 251 g/mol. The van der Waals surface area contributed by atoms with E-state index in [1.807, 2.05) is 13.8 Å². The van der Waals surface area contributed by atoms with Crippen LogP contribution in [0.1, 0.15) is 34.0 Å². The Balaban J connectivity index is 2.12. The van der Waals surface area contributed by atoms with Crippen LogP contribution in [-0.2, 0) is 0 Å². The zero-order valence-electron chi connectivity index (χ0n) is 9.52. The van der Waals surface area contributed by atoms with Crippen molar-refractivity contribution >= 4 is 23.1 Å². The number of aromatic nitrogens is 3. The largest absolute Gasteiger partial charge is 0.322 e. The van der Waals surface area contributed by atoms with Crippen molar-refractivity contribution in [2.24, 2.45) is 5.73 Å². The molecule has 2 heterocycles. The van der Waals surface area contributed by atoms with E-state index in [2.05, 4.69) is 20.5 Å². The van der Waals surface area contributed by atoms with Crippen molar-refractivity contribution in [3.05, 3.63) is 27.8 Å². The minimum Gasteiger partial charge on any atom is -0.322 e. The van der Waals surface area contributed by atoms with Gasteiger partial charge in [0.05, 0.1) is 12.2 Å². The fourth-order valence-electron chi connectivity index (χ4n) is 1.25. The van der Waals surface area contributed by atoms with Gasteiger partial charge in [0.15, 0.2) is 0 Å². The lowest BCUT2D eigenvalue weighted by molar-refractivity contribution is 0.102. The lowest BCUT2D eigenvalue weighted by atomic mass is 10.3. The molecule has 2 aromatic rings. The Hall–Kier alpha value is -1.73. The molecule has 0 aromatic carbocycles. The highest BCUT2D eigenvalue weighted by Gasteiger charge is 2.14. The van der Waals surface area contributed by atoms with E-state index >= 15 is 0 Å². The molecule has 1 amide bonds. The summed E-state index contributed by atoms with van der Waals surface area (Å²) in [6.45, 7) is 3.69. The minimum absolute atomic E-state index is 0.157. The summed E-state index contributed by atoms with van der Waals surface area (Å²) < 4.78 is 0. The Bertz CT molecular complexity index is 530. The Morgan fingerprint density at radius 3 is 2.94 bits per heavy atom. The van der Waals surface area contributed by atoms with Gasteiger partial charge in [-0.25, -0.2) is 4.98 Å². The van der Waals surface area contributed by atoms with Gasteiger partial charge in [-0.15, -0.1) is 11.3 Å². The average Bonchev–Trinajstić information content (AvgIpc) is 2.88. The van der Waals surface area contributed by atoms with Crippen molar-refractivity contribution in [2.45, 2.75) is 19.9 Å². The number of H-pyrrole nitrogens is 1. The number of nitrogens with zero attached hydrogens (tertiary/aromatic N) is 2. The van der Waals surface area contributed by atoms with Crippen LogP contribution in [0.2, 0.25) is 0 Å². The molecule has 0 saturated carbocycles. The van der Waals surface area contributed by atoms with E-state index in [-0.39, 0.29) is 11.9 Å². The van der Waals surface area contributed by atoms with Crippen molar-refractivity contribution in [3.63, 3.8) is 0 Å². The molecular weight excluding hydrogens is 238 g/mol. The van der Waals surface area contributed by atoms with Crippen LogP contribution in [0.4, 0.5) is 5.82 Å². The highest BCUT2D eigenvalue weighted by Crippen LogP contribution is 2.17. The Morgan fingerprint density at radius 2 is 2.41 bits per heavy atom. The summed E-state index contributed by atoms with van der Waals surface area (Å²) in [4.78, 5) is 16.0. The van der Waals surface area contributed by atoms with Crippen LogP contribution in [-0.4, -0.2) is 21.1 Å². The van der Waals surface area contributed by atoms with E-state index in [4.69, 9.17) is 5.73 Å². The van der Waals surface area contributed by atoms with Crippen LogP contribution < -0.4 is 11.1 Å². The van der Waals surface area contributed by atoms with Crippen molar-refractivity contribution in [3.8, 4) is 0 Å². The van der Waals surface area contributed by atoms with Crippen molar-refractivity contribution in [1.82, 2.24) is 15.2 Å². The summed E-state index contributed by atoms with van der Waals surface area (Å²) >= 11 is 1.38. The van der Waals surface area contributed by atoms with Crippen LogP contribution in [0, 0.1) is 6.92 Å². The maximum atomic E-state index is 11.8. The van der Waals surface area contributed by atoms with Crippen LogP contribution in [0.3, 0.4) is 0 Å². The third-order valence-electron chi connectivity index (χ3n) is 2.21. The number of hydrogen-bond acceptors (Lipinski definition) is 5. The van der Waals surface area contributed by atoms with Gasteiger partial charge < -0.3 is 11.1 Å². The molecule has 0 spiro atoms. The third kappa shape index (κ3) is 2.51. The molecule has 17 heavy (non-hydrogen) atoms. The number of anilines is 1. The fourth-order valence-corrected chi connectivity index (χ4v) is 2.01. The first-order valence-corrected chi connectivity index (χ1v) is 5.98. The standard InChI is InChI=1S/C10H13N5OS/c1-5-3-12-15-8(5)14-9(16)7-4-17-10(13-7)6(2)11/h3-4,6H,11H2,1-2H3,(H2,12,14,15,16). The number of nitrogens with two attached hydrogens (primary N) is 1. The maximum absolute atomic E-state index is 11.8. The van der Waals surface area contributed by atoms with E-state index in [0.29, 0.717) is 11.5 Å². The number of aromatic amines is 1. The zero-order valence-corrected chi connectivity index (χ0v) is 10.3. The molecule has 0 aliphatic rings. The number of carbonyl (C=O) groups is 1. The summed E-state index contributed by atoms with van der Waals surface area (Å²) in [5.74, 6) is 0.325.